The van der Waals surface area contributed by atoms with E-state index in [2.05, 4.69) is 27.0 Å². The molecule has 0 atom stereocenters. The van der Waals surface area contributed by atoms with Gasteiger partial charge < -0.3 is 19.5 Å². The van der Waals surface area contributed by atoms with Crippen molar-refractivity contribution in [1.29, 1.82) is 0 Å². The Labute approximate surface area is 226 Å². The molecule has 3 heterocycles. The number of rotatable bonds is 6. The zero-order valence-corrected chi connectivity index (χ0v) is 21.8. The largest absolute Gasteiger partial charge is 0.445 e. The van der Waals surface area contributed by atoms with E-state index >= 15 is 0 Å². The summed E-state index contributed by atoms with van der Waals surface area (Å²) in [7, 11) is 3.75. The highest BCUT2D eigenvalue weighted by Crippen LogP contribution is 2.23. The predicted molar refractivity (Wildman–Crippen MR) is 148 cm³/mol. The fourth-order valence-electron chi connectivity index (χ4n) is 4.58. The quantitative estimate of drug-likeness (QED) is 0.380. The van der Waals surface area contributed by atoms with Crippen LogP contribution in [0.2, 0.25) is 0 Å². The van der Waals surface area contributed by atoms with E-state index in [9.17, 15) is 14.4 Å². The van der Waals surface area contributed by atoms with Crippen LogP contribution in [-0.2, 0) is 41.1 Å². The zero-order valence-electron chi connectivity index (χ0n) is 21.8. The maximum absolute atomic E-state index is 12.9. The minimum absolute atomic E-state index is 0.111. The summed E-state index contributed by atoms with van der Waals surface area (Å²) in [6.45, 7) is 0.580. The van der Waals surface area contributed by atoms with Crippen LogP contribution in [0.5, 0.6) is 0 Å². The summed E-state index contributed by atoms with van der Waals surface area (Å²) in [4.78, 5) is 45.3. The molecular weight excluding hydrogens is 494 g/mol. The van der Waals surface area contributed by atoms with Crippen LogP contribution in [-0.4, -0.2) is 50.9 Å². The predicted octanol–water partition coefficient (Wildman–Crippen LogP) is 4.34. The van der Waals surface area contributed by atoms with E-state index in [1.165, 1.54) is 11.0 Å². The van der Waals surface area contributed by atoms with Gasteiger partial charge >= 0.3 is 6.09 Å². The molecule has 1 N–H and O–H groups in total. The van der Waals surface area contributed by atoms with Gasteiger partial charge in [0.05, 0.1) is 6.54 Å². The van der Waals surface area contributed by atoms with Gasteiger partial charge in [0.15, 0.2) is 0 Å². The van der Waals surface area contributed by atoms with Crippen molar-refractivity contribution >= 4 is 40.7 Å². The fraction of sp³-hybridized carbons (Fsp3) is 0.200. The summed E-state index contributed by atoms with van der Waals surface area (Å²) in [5.74, 6) is -0.126. The molecule has 2 aromatic heterocycles. The van der Waals surface area contributed by atoms with E-state index in [4.69, 9.17) is 4.74 Å². The lowest BCUT2D eigenvalue weighted by atomic mass is 10.1. The maximum Gasteiger partial charge on any atom is 0.410 e. The Morgan fingerprint density at radius 1 is 1.10 bits per heavy atom. The second kappa shape index (κ2) is 11.2. The topological polar surface area (TPSA) is 96.8 Å². The highest BCUT2D eigenvalue weighted by Gasteiger charge is 2.25. The van der Waals surface area contributed by atoms with E-state index in [1.54, 1.807) is 30.3 Å². The number of anilines is 1. The van der Waals surface area contributed by atoms with Crippen LogP contribution in [0.4, 0.5) is 10.6 Å². The molecule has 0 saturated carbocycles. The number of benzene rings is 2. The standard InChI is InChI=1S/C30H29N5O4/c1-33-16-24(25-10-6-7-11-26(25)33)17-34(2)28(37)13-12-22-14-23-18-35(19-27(36)32-29(23)31-15-22)30(38)39-20-21-8-4-3-5-9-21/h3-16H,17-20H2,1-2H3,(H,31,32,36)/b13-12+. The molecule has 1 aliphatic heterocycles. The highest BCUT2D eigenvalue weighted by atomic mass is 16.6. The summed E-state index contributed by atoms with van der Waals surface area (Å²) in [6.07, 6.45) is 6.21. The third-order valence-electron chi connectivity index (χ3n) is 6.59. The first-order valence-corrected chi connectivity index (χ1v) is 12.6. The minimum Gasteiger partial charge on any atom is -0.445 e. The fourth-order valence-corrected chi connectivity index (χ4v) is 4.58. The lowest BCUT2D eigenvalue weighted by Crippen LogP contribution is -2.35. The van der Waals surface area contributed by atoms with Crippen LogP contribution in [0.25, 0.3) is 17.0 Å². The molecule has 0 saturated heterocycles. The lowest BCUT2D eigenvalue weighted by molar-refractivity contribution is -0.125. The van der Waals surface area contributed by atoms with E-state index in [0.717, 1.165) is 22.0 Å². The van der Waals surface area contributed by atoms with Crippen molar-refractivity contribution in [3.63, 3.8) is 0 Å². The van der Waals surface area contributed by atoms with Gasteiger partial charge in [-0.25, -0.2) is 9.78 Å². The van der Waals surface area contributed by atoms with Gasteiger partial charge in [-0.3, -0.25) is 14.5 Å². The lowest BCUT2D eigenvalue weighted by Gasteiger charge is -2.19. The number of carbonyl (C=O) groups is 3. The molecule has 0 spiro atoms. The molecule has 3 amide bonds. The Hall–Kier alpha value is -4.92. The van der Waals surface area contributed by atoms with Crippen molar-refractivity contribution < 1.29 is 19.1 Å². The van der Waals surface area contributed by atoms with Gasteiger partial charge in [0.2, 0.25) is 11.8 Å². The number of amides is 3. The maximum atomic E-state index is 12.9. The normalized spacial score (nSPS) is 13.2. The Morgan fingerprint density at radius 3 is 2.69 bits per heavy atom. The molecule has 4 aromatic rings. The van der Waals surface area contributed by atoms with Crippen LogP contribution in [0.15, 0.2) is 79.1 Å². The van der Waals surface area contributed by atoms with Crippen LogP contribution in [0, 0.1) is 0 Å². The molecule has 2 aromatic carbocycles. The molecule has 1 aliphatic rings. The summed E-state index contributed by atoms with van der Waals surface area (Å²) < 4.78 is 7.48. The molecule has 0 radical (unpaired) electrons. The summed E-state index contributed by atoms with van der Waals surface area (Å²) in [6, 6.07) is 19.2. The first-order valence-electron chi connectivity index (χ1n) is 12.6. The Bertz CT molecular complexity index is 1560. The van der Waals surface area contributed by atoms with Crippen LogP contribution in [0.1, 0.15) is 22.3 Å². The van der Waals surface area contributed by atoms with Crippen LogP contribution < -0.4 is 5.32 Å². The molecule has 198 valence electrons. The van der Waals surface area contributed by atoms with Gasteiger partial charge in [-0.1, -0.05) is 48.5 Å². The third-order valence-corrected chi connectivity index (χ3v) is 6.59. The van der Waals surface area contributed by atoms with Gasteiger partial charge in [0, 0.05) is 55.6 Å². The average molecular weight is 524 g/mol. The minimum atomic E-state index is -0.590. The SMILES string of the molecule is CN(Cc1cn(C)c2ccccc12)C(=O)/C=C/c1cnc2c(c1)CN(C(=O)OCc1ccccc1)CC(=O)N2. The van der Waals surface area contributed by atoms with Crippen molar-refractivity contribution in [3.8, 4) is 0 Å². The number of hydrogen-bond donors (Lipinski definition) is 1. The van der Waals surface area contributed by atoms with Crippen molar-refractivity contribution in [2.75, 3.05) is 18.9 Å². The van der Waals surface area contributed by atoms with E-state index in [0.29, 0.717) is 23.5 Å². The molecule has 0 fully saturated rings. The Balaban J connectivity index is 1.25. The van der Waals surface area contributed by atoms with Crippen LogP contribution >= 0.6 is 0 Å². The van der Waals surface area contributed by atoms with Gasteiger partial charge in [-0.2, -0.15) is 0 Å². The molecule has 39 heavy (non-hydrogen) atoms. The molecule has 0 unspecified atom stereocenters. The molecule has 9 heteroatoms. The first kappa shape index (κ1) is 25.7. The second-order valence-corrected chi connectivity index (χ2v) is 9.53. The Morgan fingerprint density at radius 2 is 1.87 bits per heavy atom. The summed E-state index contributed by atoms with van der Waals surface area (Å²) in [5, 5.41) is 3.85. The highest BCUT2D eigenvalue weighted by molar-refractivity contribution is 5.95. The molecule has 5 rings (SSSR count). The molecule has 0 aliphatic carbocycles. The van der Waals surface area contributed by atoms with Crippen molar-refractivity contribution in [2.24, 2.45) is 7.05 Å². The number of aryl methyl sites for hydroxylation is 1. The Kier molecular flexibility index (Phi) is 7.40. The van der Waals surface area contributed by atoms with Crippen molar-refractivity contribution in [2.45, 2.75) is 19.7 Å². The number of para-hydroxylation sites is 1. The number of nitrogens with one attached hydrogen (secondary N) is 1. The summed E-state index contributed by atoms with van der Waals surface area (Å²) in [5.41, 5.74) is 4.37. The van der Waals surface area contributed by atoms with E-state index < -0.39 is 6.09 Å². The van der Waals surface area contributed by atoms with Crippen molar-refractivity contribution in [3.05, 3.63) is 101 Å². The number of hydrogen-bond acceptors (Lipinski definition) is 5. The smallest absolute Gasteiger partial charge is 0.410 e. The molecular formula is C30H29N5O4. The molecule has 9 nitrogen and oxygen atoms in total. The monoisotopic (exact) mass is 523 g/mol. The number of carbonyl (C=O) groups excluding carboxylic acids is 3. The zero-order chi connectivity index (χ0) is 27.4. The van der Waals surface area contributed by atoms with Gasteiger partial charge in [0.25, 0.3) is 0 Å². The number of aromatic nitrogens is 2. The number of likely N-dealkylation sites (N-methyl/N-ethyl adjacent to an activating group) is 1. The number of nitrogens with zero attached hydrogens (tertiary/aromatic N) is 4. The van der Waals surface area contributed by atoms with Gasteiger partial charge in [-0.15, -0.1) is 0 Å². The van der Waals surface area contributed by atoms with E-state index in [-0.39, 0.29) is 31.5 Å². The van der Waals surface area contributed by atoms with Gasteiger partial charge in [-0.05, 0) is 34.9 Å². The third kappa shape index (κ3) is 5.98. The second-order valence-electron chi connectivity index (χ2n) is 9.53. The van der Waals surface area contributed by atoms with Gasteiger partial charge in [0.1, 0.15) is 19.0 Å². The number of pyridine rings is 1. The van der Waals surface area contributed by atoms with Crippen LogP contribution in [0.3, 0.4) is 0 Å². The van der Waals surface area contributed by atoms with Crippen molar-refractivity contribution in [1.82, 2.24) is 19.4 Å². The average Bonchev–Trinajstić information content (AvgIpc) is 3.15. The number of ether oxygens (including phenoxy) is 1. The molecule has 0 bridgehead atoms. The number of fused-ring (bicyclic) bond motifs is 2. The van der Waals surface area contributed by atoms with E-state index in [1.807, 2.05) is 55.7 Å². The summed E-state index contributed by atoms with van der Waals surface area (Å²) >= 11 is 0. The first-order chi connectivity index (χ1) is 18.9.